The lowest BCUT2D eigenvalue weighted by Crippen LogP contribution is -2.52. The molecule has 5 N–H and O–H groups in total. The minimum atomic E-state index is -4.53. The van der Waals surface area contributed by atoms with Crippen LogP contribution in [-0.2, 0) is 15.8 Å². The third kappa shape index (κ3) is 4.16. The molecule has 0 radical (unpaired) electrons. The number of rotatable bonds is 5. The number of hydrogen-bond donors (Lipinski definition) is 3. The fourth-order valence-electron chi connectivity index (χ4n) is 1.95. The number of alkyl halides is 3. The monoisotopic (exact) mass is 355 g/mol. The number of carbonyl (C=O) groups excluding carboxylic acids is 3. The molecule has 1 heterocycles. The lowest BCUT2D eigenvalue weighted by molar-refractivity contribution is -0.137. The molecule has 7 nitrogen and oxygen atoms in total. The van der Waals surface area contributed by atoms with Crippen molar-refractivity contribution in [2.45, 2.75) is 12.2 Å². The van der Waals surface area contributed by atoms with Crippen LogP contribution in [-0.4, -0.2) is 23.8 Å². The second kappa shape index (κ2) is 6.67. The Balaban J connectivity index is 2.24. The quantitative estimate of drug-likeness (QED) is 0.692. The van der Waals surface area contributed by atoms with E-state index in [2.05, 4.69) is 0 Å². The molecule has 3 amide bonds. The van der Waals surface area contributed by atoms with Gasteiger partial charge in [-0.15, -0.1) is 0 Å². The Labute approximate surface area is 138 Å². The molecular formula is C15H12F3N3O4. The van der Waals surface area contributed by atoms with E-state index in [9.17, 15) is 27.6 Å². The van der Waals surface area contributed by atoms with Crippen LogP contribution >= 0.6 is 0 Å². The fourth-order valence-corrected chi connectivity index (χ4v) is 1.95. The second-order valence-corrected chi connectivity index (χ2v) is 4.95. The molecule has 10 heteroatoms. The fraction of sp³-hybridized carbons (Fsp3) is 0.133. The summed E-state index contributed by atoms with van der Waals surface area (Å²) in [6.45, 7) is 0. The highest BCUT2D eigenvalue weighted by atomic mass is 19.4. The van der Waals surface area contributed by atoms with Crippen molar-refractivity contribution < 1.29 is 32.0 Å². The number of benzene rings is 1. The van der Waals surface area contributed by atoms with Gasteiger partial charge in [0.25, 0.3) is 5.91 Å². The van der Waals surface area contributed by atoms with Gasteiger partial charge in [0.2, 0.25) is 11.8 Å². The van der Waals surface area contributed by atoms with Crippen LogP contribution in [0, 0.1) is 0 Å². The zero-order chi connectivity index (χ0) is 18.8. The molecule has 0 bridgehead atoms. The van der Waals surface area contributed by atoms with Crippen molar-refractivity contribution in [3.63, 3.8) is 0 Å². The number of halogens is 3. The molecule has 0 aliphatic heterocycles. The van der Waals surface area contributed by atoms with Crippen LogP contribution in [0.5, 0.6) is 0 Å². The van der Waals surface area contributed by atoms with Crippen LogP contribution in [0.4, 0.5) is 13.2 Å². The maximum Gasteiger partial charge on any atom is 0.416 e. The van der Waals surface area contributed by atoms with Crippen LogP contribution in [0.15, 0.2) is 40.8 Å². The first-order valence-corrected chi connectivity index (χ1v) is 6.76. The summed E-state index contributed by atoms with van der Waals surface area (Å²) < 4.78 is 43.4. The topological polar surface area (TPSA) is 128 Å². The normalized spacial score (nSPS) is 11.4. The van der Waals surface area contributed by atoms with Gasteiger partial charge in [0.15, 0.2) is 11.8 Å². The molecule has 1 aromatic heterocycles. The maximum absolute atomic E-state index is 12.7. The summed E-state index contributed by atoms with van der Waals surface area (Å²) in [6.07, 6.45) is -4.53. The lowest BCUT2D eigenvalue weighted by atomic mass is 10.1. The lowest BCUT2D eigenvalue weighted by Gasteiger charge is -2.10. The SMILES string of the molecule is NC(=O)C(NC(=O)c1ccc(-c2cccc(C(F)(F)F)c2)o1)C(N)=O. The Morgan fingerprint density at radius 3 is 2.24 bits per heavy atom. The average Bonchev–Trinajstić information content (AvgIpc) is 3.01. The van der Waals surface area contributed by atoms with E-state index in [-0.39, 0.29) is 17.1 Å². The van der Waals surface area contributed by atoms with Gasteiger partial charge in [0.1, 0.15) is 5.76 Å². The average molecular weight is 355 g/mol. The van der Waals surface area contributed by atoms with Crippen LogP contribution in [0.2, 0.25) is 0 Å². The molecular weight excluding hydrogens is 343 g/mol. The van der Waals surface area contributed by atoms with E-state index in [4.69, 9.17) is 15.9 Å². The molecule has 0 fully saturated rings. The van der Waals surface area contributed by atoms with E-state index in [1.54, 1.807) is 0 Å². The van der Waals surface area contributed by atoms with Gasteiger partial charge in [0, 0.05) is 5.56 Å². The molecule has 0 aliphatic carbocycles. The van der Waals surface area contributed by atoms with Gasteiger partial charge < -0.3 is 21.2 Å². The van der Waals surface area contributed by atoms with Crippen molar-refractivity contribution in [2.24, 2.45) is 11.5 Å². The third-order valence-corrected chi connectivity index (χ3v) is 3.15. The van der Waals surface area contributed by atoms with Gasteiger partial charge in [0.05, 0.1) is 5.56 Å². The first-order chi connectivity index (χ1) is 11.6. The van der Waals surface area contributed by atoms with E-state index in [0.717, 1.165) is 12.1 Å². The van der Waals surface area contributed by atoms with Crippen LogP contribution < -0.4 is 16.8 Å². The van der Waals surface area contributed by atoms with Crippen molar-refractivity contribution in [3.8, 4) is 11.3 Å². The third-order valence-electron chi connectivity index (χ3n) is 3.15. The summed E-state index contributed by atoms with van der Waals surface area (Å²) in [7, 11) is 0. The molecule has 132 valence electrons. The van der Waals surface area contributed by atoms with E-state index in [1.807, 2.05) is 5.32 Å². The van der Waals surface area contributed by atoms with Crippen molar-refractivity contribution in [1.29, 1.82) is 0 Å². The Bertz CT molecular complexity index is 815. The van der Waals surface area contributed by atoms with E-state index in [0.29, 0.717) is 0 Å². The summed E-state index contributed by atoms with van der Waals surface area (Å²) in [5.74, 6) is -3.64. The first kappa shape index (κ1) is 18.0. The molecule has 0 saturated heterocycles. The molecule has 0 spiro atoms. The summed E-state index contributed by atoms with van der Waals surface area (Å²) >= 11 is 0. The van der Waals surface area contributed by atoms with Crippen LogP contribution in [0.1, 0.15) is 16.1 Å². The van der Waals surface area contributed by atoms with Crippen molar-refractivity contribution in [3.05, 3.63) is 47.7 Å². The van der Waals surface area contributed by atoms with Crippen molar-refractivity contribution >= 4 is 17.7 Å². The Morgan fingerprint density at radius 1 is 1.04 bits per heavy atom. The highest BCUT2D eigenvalue weighted by Crippen LogP contribution is 2.32. The molecule has 2 rings (SSSR count). The Hall–Kier alpha value is -3.30. The predicted molar refractivity (Wildman–Crippen MR) is 78.8 cm³/mol. The number of furan rings is 1. The zero-order valence-electron chi connectivity index (χ0n) is 12.5. The standard InChI is InChI=1S/C15H12F3N3O4/c16-15(17,18)8-3-1-2-7(6-8)9-4-5-10(25-9)14(24)21-11(12(19)22)13(20)23/h1-6,11H,(H2,19,22)(H2,20,23)(H,21,24). The summed E-state index contributed by atoms with van der Waals surface area (Å²) in [5.41, 5.74) is 9.07. The van der Waals surface area contributed by atoms with Gasteiger partial charge in [-0.1, -0.05) is 12.1 Å². The molecule has 0 unspecified atom stereocenters. The minimum Gasteiger partial charge on any atom is -0.451 e. The summed E-state index contributed by atoms with van der Waals surface area (Å²) in [5, 5.41) is 1.97. The summed E-state index contributed by atoms with van der Waals surface area (Å²) in [6, 6.07) is 5.01. The molecule has 1 aromatic carbocycles. The van der Waals surface area contributed by atoms with Gasteiger partial charge >= 0.3 is 6.18 Å². The Morgan fingerprint density at radius 2 is 1.68 bits per heavy atom. The first-order valence-electron chi connectivity index (χ1n) is 6.76. The number of amides is 3. The second-order valence-electron chi connectivity index (χ2n) is 4.95. The van der Waals surface area contributed by atoms with Gasteiger partial charge in [-0.2, -0.15) is 13.2 Å². The van der Waals surface area contributed by atoms with Crippen LogP contribution in [0.25, 0.3) is 11.3 Å². The smallest absolute Gasteiger partial charge is 0.416 e. The molecule has 0 aliphatic rings. The van der Waals surface area contributed by atoms with Gasteiger partial charge in [-0.25, -0.2) is 0 Å². The van der Waals surface area contributed by atoms with E-state index < -0.39 is 35.5 Å². The number of nitrogens with two attached hydrogens (primary N) is 2. The molecule has 25 heavy (non-hydrogen) atoms. The number of primary amides is 2. The molecule has 0 atom stereocenters. The number of nitrogens with one attached hydrogen (secondary N) is 1. The zero-order valence-corrected chi connectivity index (χ0v) is 12.5. The predicted octanol–water partition coefficient (Wildman–Crippen LogP) is 1.03. The molecule has 0 saturated carbocycles. The number of carbonyl (C=O) groups is 3. The van der Waals surface area contributed by atoms with Crippen molar-refractivity contribution in [2.75, 3.05) is 0 Å². The maximum atomic E-state index is 12.7. The highest BCUT2D eigenvalue weighted by Gasteiger charge is 2.31. The minimum absolute atomic E-state index is 0.00838. The van der Waals surface area contributed by atoms with E-state index in [1.165, 1.54) is 24.3 Å². The van der Waals surface area contributed by atoms with Crippen LogP contribution in [0.3, 0.4) is 0 Å². The van der Waals surface area contributed by atoms with Crippen molar-refractivity contribution in [1.82, 2.24) is 5.32 Å². The van der Waals surface area contributed by atoms with E-state index >= 15 is 0 Å². The summed E-state index contributed by atoms with van der Waals surface area (Å²) in [4.78, 5) is 34.0. The van der Waals surface area contributed by atoms with Gasteiger partial charge in [-0.3, -0.25) is 14.4 Å². The molecule has 2 aromatic rings. The Kier molecular flexibility index (Phi) is 4.82. The van der Waals surface area contributed by atoms with Gasteiger partial charge in [-0.05, 0) is 24.3 Å². The number of hydrogen-bond acceptors (Lipinski definition) is 4. The largest absolute Gasteiger partial charge is 0.451 e. The highest BCUT2D eigenvalue weighted by molar-refractivity contribution is 6.07.